The SMILES string of the molecule is CC[C@@H](C(=O)NCc1ccccc1)N1CCCN(S(=O)(=O)c2ccc(F)cc2)CC1. The first-order valence-corrected chi connectivity index (χ1v) is 11.7. The third-order valence-electron chi connectivity index (χ3n) is 5.38. The smallest absolute Gasteiger partial charge is 0.243 e. The second kappa shape index (κ2) is 10.1. The van der Waals surface area contributed by atoms with Gasteiger partial charge in [-0.3, -0.25) is 9.69 Å². The molecule has 8 heteroatoms. The van der Waals surface area contributed by atoms with Crippen LogP contribution in [-0.4, -0.2) is 55.8 Å². The van der Waals surface area contributed by atoms with Gasteiger partial charge in [-0.1, -0.05) is 37.3 Å². The molecule has 1 amide bonds. The molecular formula is C22H28FN3O3S. The van der Waals surface area contributed by atoms with E-state index in [2.05, 4.69) is 10.2 Å². The minimum atomic E-state index is -3.69. The standard InChI is InChI=1S/C22H28FN3O3S/c1-2-21(22(27)24-17-18-7-4-3-5-8-18)25-13-6-14-26(16-15-25)30(28,29)20-11-9-19(23)10-12-20/h3-5,7-12,21H,2,6,13-17H2,1H3,(H,24,27)/t21-/m0/s1. The maximum absolute atomic E-state index is 13.2. The lowest BCUT2D eigenvalue weighted by atomic mass is 10.1. The van der Waals surface area contributed by atoms with E-state index in [4.69, 9.17) is 0 Å². The number of carbonyl (C=O) groups excluding carboxylic acids is 1. The van der Waals surface area contributed by atoms with Crippen LogP contribution in [0.1, 0.15) is 25.3 Å². The van der Waals surface area contributed by atoms with Crippen molar-refractivity contribution in [2.24, 2.45) is 0 Å². The summed E-state index contributed by atoms with van der Waals surface area (Å²) < 4.78 is 40.4. The Hall–Kier alpha value is -2.29. The largest absolute Gasteiger partial charge is 0.351 e. The Balaban J connectivity index is 1.62. The Bertz CT molecular complexity index is 936. The van der Waals surface area contributed by atoms with Crippen LogP contribution >= 0.6 is 0 Å². The number of nitrogens with one attached hydrogen (secondary N) is 1. The van der Waals surface area contributed by atoms with Gasteiger partial charge in [0, 0.05) is 32.7 Å². The molecule has 1 aliphatic rings. The third kappa shape index (κ3) is 5.44. The van der Waals surface area contributed by atoms with Gasteiger partial charge < -0.3 is 5.32 Å². The molecule has 2 aromatic rings. The van der Waals surface area contributed by atoms with E-state index in [0.29, 0.717) is 45.6 Å². The lowest BCUT2D eigenvalue weighted by molar-refractivity contribution is -0.126. The molecule has 1 N–H and O–H groups in total. The Kier molecular flexibility index (Phi) is 7.58. The van der Waals surface area contributed by atoms with Crippen molar-refractivity contribution in [1.82, 2.24) is 14.5 Å². The Morgan fingerprint density at radius 2 is 1.73 bits per heavy atom. The number of amides is 1. The van der Waals surface area contributed by atoms with Crippen LogP contribution in [0.4, 0.5) is 4.39 Å². The van der Waals surface area contributed by atoms with Gasteiger partial charge >= 0.3 is 0 Å². The zero-order valence-electron chi connectivity index (χ0n) is 17.1. The van der Waals surface area contributed by atoms with Gasteiger partial charge in [0.25, 0.3) is 0 Å². The predicted molar refractivity (Wildman–Crippen MR) is 114 cm³/mol. The second-order valence-electron chi connectivity index (χ2n) is 7.37. The molecule has 0 bridgehead atoms. The number of sulfonamides is 1. The minimum Gasteiger partial charge on any atom is -0.351 e. The first kappa shape index (κ1) is 22.4. The summed E-state index contributed by atoms with van der Waals surface area (Å²) in [4.78, 5) is 14.9. The fourth-order valence-corrected chi connectivity index (χ4v) is 5.20. The third-order valence-corrected chi connectivity index (χ3v) is 7.29. The van der Waals surface area contributed by atoms with Crippen molar-refractivity contribution < 1.29 is 17.6 Å². The Morgan fingerprint density at radius 1 is 1.03 bits per heavy atom. The van der Waals surface area contributed by atoms with Gasteiger partial charge in [0.15, 0.2) is 0 Å². The van der Waals surface area contributed by atoms with Gasteiger partial charge in [-0.05, 0) is 42.7 Å². The van der Waals surface area contributed by atoms with Crippen LogP contribution < -0.4 is 5.32 Å². The van der Waals surface area contributed by atoms with E-state index in [1.807, 2.05) is 37.3 Å². The summed E-state index contributed by atoms with van der Waals surface area (Å²) in [5, 5.41) is 2.99. The fourth-order valence-electron chi connectivity index (χ4n) is 3.73. The van der Waals surface area contributed by atoms with E-state index in [-0.39, 0.29) is 16.8 Å². The van der Waals surface area contributed by atoms with E-state index >= 15 is 0 Å². The molecule has 3 rings (SSSR count). The normalized spacial score (nSPS) is 17.3. The number of hydrogen-bond donors (Lipinski definition) is 1. The van der Waals surface area contributed by atoms with Gasteiger partial charge in [0.05, 0.1) is 10.9 Å². The van der Waals surface area contributed by atoms with Crippen LogP contribution in [0.25, 0.3) is 0 Å². The van der Waals surface area contributed by atoms with E-state index in [0.717, 1.165) is 17.7 Å². The molecule has 1 heterocycles. The lowest BCUT2D eigenvalue weighted by Gasteiger charge is -2.29. The molecule has 1 atom stereocenters. The highest BCUT2D eigenvalue weighted by molar-refractivity contribution is 7.89. The van der Waals surface area contributed by atoms with Crippen molar-refractivity contribution in [2.75, 3.05) is 26.2 Å². The predicted octanol–water partition coefficient (Wildman–Crippen LogP) is 2.62. The zero-order chi connectivity index (χ0) is 21.6. The summed E-state index contributed by atoms with van der Waals surface area (Å²) in [6.45, 7) is 4.21. The molecule has 162 valence electrons. The van der Waals surface area contributed by atoms with Gasteiger partial charge in [-0.2, -0.15) is 4.31 Å². The summed E-state index contributed by atoms with van der Waals surface area (Å²) in [6, 6.07) is 14.3. The molecule has 30 heavy (non-hydrogen) atoms. The van der Waals surface area contributed by atoms with E-state index in [9.17, 15) is 17.6 Å². The van der Waals surface area contributed by atoms with Crippen LogP contribution in [0.15, 0.2) is 59.5 Å². The summed E-state index contributed by atoms with van der Waals surface area (Å²) >= 11 is 0. The molecule has 0 saturated carbocycles. The maximum atomic E-state index is 13.2. The molecule has 0 unspecified atom stereocenters. The highest BCUT2D eigenvalue weighted by Crippen LogP contribution is 2.19. The number of carbonyl (C=O) groups is 1. The van der Waals surface area contributed by atoms with Gasteiger partial charge in [-0.15, -0.1) is 0 Å². The lowest BCUT2D eigenvalue weighted by Crippen LogP contribution is -2.48. The van der Waals surface area contributed by atoms with E-state index < -0.39 is 15.8 Å². The molecule has 1 fully saturated rings. The minimum absolute atomic E-state index is 0.0452. The summed E-state index contributed by atoms with van der Waals surface area (Å²) in [7, 11) is -3.69. The topological polar surface area (TPSA) is 69.7 Å². The van der Waals surface area contributed by atoms with Crippen molar-refractivity contribution in [2.45, 2.75) is 37.2 Å². The van der Waals surface area contributed by atoms with E-state index in [1.54, 1.807) is 0 Å². The van der Waals surface area contributed by atoms with Crippen molar-refractivity contribution in [3.63, 3.8) is 0 Å². The highest BCUT2D eigenvalue weighted by Gasteiger charge is 2.31. The molecule has 1 aliphatic heterocycles. The number of nitrogens with zero attached hydrogens (tertiary/aromatic N) is 2. The van der Waals surface area contributed by atoms with Gasteiger partial charge in [0.2, 0.25) is 15.9 Å². The molecule has 1 saturated heterocycles. The van der Waals surface area contributed by atoms with Gasteiger partial charge in [0.1, 0.15) is 5.82 Å². The molecule has 0 radical (unpaired) electrons. The highest BCUT2D eigenvalue weighted by atomic mass is 32.2. The summed E-state index contributed by atoms with van der Waals surface area (Å²) in [6.07, 6.45) is 1.27. The number of rotatable bonds is 7. The summed E-state index contributed by atoms with van der Waals surface area (Å²) in [5.74, 6) is -0.514. The molecule has 2 aromatic carbocycles. The van der Waals surface area contributed by atoms with Crippen LogP contribution in [0.3, 0.4) is 0 Å². The maximum Gasteiger partial charge on any atom is 0.243 e. The molecular weight excluding hydrogens is 405 g/mol. The Morgan fingerprint density at radius 3 is 2.40 bits per heavy atom. The first-order chi connectivity index (χ1) is 14.4. The number of halogens is 1. The second-order valence-corrected chi connectivity index (χ2v) is 9.31. The van der Waals surface area contributed by atoms with Crippen LogP contribution in [-0.2, 0) is 21.4 Å². The first-order valence-electron chi connectivity index (χ1n) is 10.2. The number of benzene rings is 2. The Labute approximate surface area is 177 Å². The average Bonchev–Trinajstić information content (AvgIpc) is 3.01. The quantitative estimate of drug-likeness (QED) is 0.729. The van der Waals surface area contributed by atoms with Gasteiger partial charge in [-0.25, -0.2) is 12.8 Å². The van der Waals surface area contributed by atoms with E-state index in [1.165, 1.54) is 16.4 Å². The number of hydrogen-bond acceptors (Lipinski definition) is 4. The fraction of sp³-hybridized carbons (Fsp3) is 0.409. The van der Waals surface area contributed by atoms with Crippen molar-refractivity contribution in [1.29, 1.82) is 0 Å². The van der Waals surface area contributed by atoms with Crippen molar-refractivity contribution in [3.8, 4) is 0 Å². The van der Waals surface area contributed by atoms with Crippen molar-refractivity contribution >= 4 is 15.9 Å². The molecule has 6 nitrogen and oxygen atoms in total. The summed E-state index contributed by atoms with van der Waals surface area (Å²) in [5.41, 5.74) is 1.04. The monoisotopic (exact) mass is 433 g/mol. The van der Waals surface area contributed by atoms with Crippen LogP contribution in [0, 0.1) is 5.82 Å². The van der Waals surface area contributed by atoms with Crippen LogP contribution in [0.2, 0.25) is 0 Å². The van der Waals surface area contributed by atoms with Crippen LogP contribution in [0.5, 0.6) is 0 Å². The molecule has 0 spiro atoms. The van der Waals surface area contributed by atoms with Crippen molar-refractivity contribution in [3.05, 3.63) is 66.0 Å². The zero-order valence-corrected chi connectivity index (χ0v) is 17.9. The average molecular weight is 434 g/mol. The molecule has 0 aliphatic carbocycles. The molecule has 0 aromatic heterocycles.